The van der Waals surface area contributed by atoms with Crippen LogP contribution < -0.4 is 10.6 Å². The highest BCUT2D eigenvalue weighted by Gasteiger charge is 2.23. The van der Waals surface area contributed by atoms with Crippen molar-refractivity contribution >= 4 is 22.9 Å². The Bertz CT molecular complexity index is 1020. The third-order valence-corrected chi connectivity index (χ3v) is 5.52. The number of nitrogens with one attached hydrogen (secondary N) is 2. The highest BCUT2D eigenvalue weighted by atomic mass is 16.3. The van der Waals surface area contributed by atoms with Gasteiger partial charge in [-0.25, -0.2) is 4.98 Å². The Kier molecular flexibility index (Phi) is 6.17. The molecule has 0 spiro atoms. The maximum atomic E-state index is 10.3. The molecule has 2 aromatic heterocycles. The number of hydrogen-bond acceptors (Lipinski definition) is 7. The van der Waals surface area contributed by atoms with E-state index in [1.807, 2.05) is 36.6 Å². The minimum atomic E-state index is -0.805. The van der Waals surface area contributed by atoms with E-state index in [9.17, 15) is 10.2 Å². The number of imidazole rings is 1. The second-order valence-electron chi connectivity index (χ2n) is 8.69. The lowest BCUT2D eigenvalue weighted by Crippen LogP contribution is -2.33. The molecule has 0 saturated carbocycles. The Balaban J connectivity index is 1.92. The van der Waals surface area contributed by atoms with Gasteiger partial charge in [-0.05, 0) is 40.2 Å². The third kappa shape index (κ3) is 4.64. The quantitative estimate of drug-likeness (QED) is 0.445. The van der Waals surface area contributed by atoms with Gasteiger partial charge in [-0.1, -0.05) is 25.1 Å². The van der Waals surface area contributed by atoms with Gasteiger partial charge in [0, 0.05) is 30.6 Å². The minimum Gasteiger partial charge on any atom is -0.507 e. The van der Waals surface area contributed by atoms with Gasteiger partial charge in [-0.15, -0.1) is 0 Å². The van der Waals surface area contributed by atoms with Gasteiger partial charge in [0.1, 0.15) is 5.75 Å². The van der Waals surface area contributed by atoms with E-state index in [0.717, 1.165) is 16.8 Å². The number of phenolic OH excluding ortho intramolecular Hbond substituents is 1. The predicted molar refractivity (Wildman–Crippen MR) is 120 cm³/mol. The first-order chi connectivity index (χ1) is 14.1. The van der Waals surface area contributed by atoms with Gasteiger partial charge < -0.3 is 25.4 Å². The van der Waals surface area contributed by atoms with Crippen molar-refractivity contribution in [1.82, 2.24) is 19.5 Å². The minimum absolute atomic E-state index is 0.00690. The molecule has 0 amide bonds. The molecule has 0 radical (unpaired) electrons. The Labute approximate surface area is 177 Å². The van der Waals surface area contributed by atoms with Gasteiger partial charge in [0.25, 0.3) is 0 Å². The molecule has 0 aliphatic rings. The number of rotatable bonds is 8. The summed E-state index contributed by atoms with van der Waals surface area (Å²) in [6.45, 7) is 12.5. The topological polar surface area (TPSA) is 108 Å². The summed E-state index contributed by atoms with van der Waals surface area (Å²) in [5.41, 5.74) is 2.22. The average molecular weight is 413 g/mol. The van der Waals surface area contributed by atoms with Gasteiger partial charge in [0.05, 0.1) is 11.9 Å². The monoisotopic (exact) mass is 412 g/mol. The molecule has 30 heavy (non-hydrogen) atoms. The lowest BCUT2D eigenvalue weighted by molar-refractivity contribution is 0.0303. The second kappa shape index (κ2) is 8.47. The molecule has 4 N–H and O–H groups in total. The highest BCUT2D eigenvalue weighted by molar-refractivity contribution is 5.84. The van der Waals surface area contributed by atoms with Crippen molar-refractivity contribution in [2.24, 2.45) is 5.92 Å². The normalized spacial score (nSPS) is 13.1. The molecule has 0 saturated heterocycles. The molecule has 162 valence electrons. The molecule has 8 nitrogen and oxygen atoms in total. The van der Waals surface area contributed by atoms with Crippen LogP contribution in [-0.4, -0.2) is 41.9 Å². The average Bonchev–Trinajstić information content (AvgIpc) is 3.10. The fraction of sp³-hybridized carbons (Fsp3) is 0.500. The van der Waals surface area contributed by atoms with Crippen LogP contribution in [0.2, 0.25) is 0 Å². The van der Waals surface area contributed by atoms with Gasteiger partial charge >= 0.3 is 0 Å². The highest BCUT2D eigenvalue weighted by Crippen LogP contribution is 2.26. The van der Waals surface area contributed by atoms with E-state index in [-0.39, 0.29) is 17.7 Å². The van der Waals surface area contributed by atoms with E-state index < -0.39 is 5.60 Å². The number of aromatic hydroxyl groups is 1. The van der Waals surface area contributed by atoms with Gasteiger partial charge in [-0.3, -0.25) is 0 Å². The summed E-state index contributed by atoms with van der Waals surface area (Å²) in [7, 11) is 0. The molecule has 3 aromatic rings. The van der Waals surface area contributed by atoms with Crippen molar-refractivity contribution in [2.75, 3.05) is 17.2 Å². The Morgan fingerprint density at radius 1 is 1.13 bits per heavy atom. The first-order valence-corrected chi connectivity index (χ1v) is 10.3. The number of benzene rings is 1. The molecule has 3 rings (SSSR count). The van der Waals surface area contributed by atoms with Gasteiger partial charge in [0.15, 0.2) is 17.0 Å². The van der Waals surface area contributed by atoms with Crippen LogP contribution in [0.4, 0.5) is 11.8 Å². The molecule has 1 aromatic carbocycles. The summed E-state index contributed by atoms with van der Waals surface area (Å²) in [4.78, 5) is 13.8. The number of fused-ring (bicyclic) bond motifs is 1. The number of hydrogen-bond donors (Lipinski definition) is 4. The lowest BCUT2D eigenvalue weighted by Gasteiger charge is -2.26. The molecule has 0 fully saturated rings. The fourth-order valence-electron chi connectivity index (χ4n) is 3.03. The zero-order valence-corrected chi connectivity index (χ0v) is 18.6. The predicted octanol–water partition coefficient (Wildman–Crippen LogP) is 3.85. The van der Waals surface area contributed by atoms with E-state index in [1.54, 1.807) is 20.2 Å². The number of phenols is 1. The number of aromatic nitrogens is 4. The van der Waals surface area contributed by atoms with E-state index in [4.69, 9.17) is 0 Å². The number of aliphatic hydroxyl groups is 1. The van der Waals surface area contributed by atoms with Crippen LogP contribution in [0.15, 0.2) is 24.5 Å². The zero-order valence-electron chi connectivity index (χ0n) is 18.6. The standard InChI is InChI=1S/C22H32N6O2/c1-13(2)28-12-25-17-19(23-11-16-9-7-8-14(3)18(16)29)26-21(27-20(17)28)24-10-15(4)22(5,6)30/h7-9,12-13,15,29-30H,10-11H2,1-6H3,(H2,23,24,26,27). The number of aryl methyl sites for hydroxylation is 1. The maximum Gasteiger partial charge on any atom is 0.226 e. The second-order valence-corrected chi connectivity index (χ2v) is 8.69. The summed E-state index contributed by atoms with van der Waals surface area (Å²) in [5, 5.41) is 27.1. The molecule has 0 aliphatic carbocycles. The molecule has 0 aliphatic heterocycles. The smallest absolute Gasteiger partial charge is 0.226 e. The summed E-state index contributed by atoms with van der Waals surface area (Å²) in [5.74, 6) is 1.35. The zero-order chi connectivity index (χ0) is 22.1. The van der Waals surface area contributed by atoms with Gasteiger partial charge in [-0.2, -0.15) is 9.97 Å². The SMILES string of the molecule is Cc1cccc(CNc2nc(NCC(C)C(C)(C)O)nc3c2ncn3C(C)C)c1O. The van der Waals surface area contributed by atoms with Crippen LogP contribution in [0.25, 0.3) is 11.2 Å². The molecular weight excluding hydrogens is 380 g/mol. The van der Waals surface area contributed by atoms with Crippen molar-refractivity contribution in [1.29, 1.82) is 0 Å². The fourth-order valence-corrected chi connectivity index (χ4v) is 3.03. The number of para-hydroxylation sites is 1. The van der Waals surface area contributed by atoms with E-state index in [1.165, 1.54) is 0 Å². The van der Waals surface area contributed by atoms with Crippen LogP contribution in [0.5, 0.6) is 5.75 Å². The Hall–Kier alpha value is -2.87. The lowest BCUT2D eigenvalue weighted by atomic mass is 9.93. The molecule has 1 unspecified atom stereocenters. The van der Waals surface area contributed by atoms with Crippen molar-refractivity contribution in [2.45, 2.75) is 59.7 Å². The van der Waals surface area contributed by atoms with Crippen LogP contribution in [0, 0.1) is 12.8 Å². The number of nitrogens with zero attached hydrogens (tertiary/aromatic N) is 4. The summed E-state index contributed by atoms with van der Waals surface area (Å²) >= 11 is 0. The molecule has 0 bridgehead atoms. The maximum absolute atomic E-state index is 10.3. The largest absolute Gasteiger partial charge is 0.507 e. The Morgan fingerprint density at radius 3 is 2.53 bits per heavy atom. The van der Waals surface area contributed by atoms with E-state index in [0.29, 0.717) is 30.4 Å². The van der Waals surface area contributed by atoms with Crippen LogP contribution in [0.1, 0.15) is 51.8 Å². The van der Waals surface area contributed by atoms with Crippen molar-refractivity contribution < 1.29 is 10.2 Å². The van der Waals surface area contributed by atoms with Crippen molar-refractivity contribution in [3.8, 4) is 5.75 Å². The van der Waals surface area contributed by atoms with Crippen LogP contribution >= 0.6 is 0 Å². The number of anilines is 2. The molecular formula is C22H32N6O2. The van der Waals surface area contributed by atoms with Crippen LogP contribution in [0.3, 0.4) is 0 Å². The van der Waals surface area contributed by atoms with E-state index >= 15 is 0 Å². The summed E-state index contributed by atoms with van der Waals surface area (Å²) < 4.78 is 2.00. The summed E-state index contributed by atoms with van der Waals surface area (Å²) in [6.07, 6.45) is 1.77. The Morgan fingerprint density at radius 2 is 1.87 bits per heavy atom. The van der Waals surface area contributed by atoms with Gasteiger partial charge in [0.2, 0.25) is 5.95 Å². The van der Waals surface area contributed by atoms with Crippen molar-refractivity contribution in [3.05, 3.63) is 35.7 Å². The molecule has 8 heteroatoms. The first kappa shape index (κ1) is 21.8. The van der Waals surface area contributed by atoms with Crippen LogP contribution in [-0.2, 0) is 6.54 Å². The van der Waals surface area contributed by atoms with Crippen molar-refractivity contribution in [3.63, 3.8) is 0 Å². The third-order valence-electron chi connectivity index (χ3n) is 5.52. The molecule has 1 atom stereocenters. The molecule has 2 heterocycles. The first-order valence-electron chi connectivity index (χ1n) is 10.3. The summed E-state index contributed by atoms with van der Waals surface area (Å²) in [6, 6.07) is 5.87. The van der Waals surface area contributed by atoms with E-state index in [2.05, 4.69) is 39.4 Å².